The first-order chi connectivity index (χ1) is 13.9. The summed E-state index contributed by atoms with van der Waals surface area (Å²) < 4.78 is 27.3. The molecule has 0 aliphatic rings. The number of benzene rings is 1. The second-order valence-corrected chi connectivity index (χ2v) is 10.0. The SMILES string of the molecule is Cc1[nH]c(=O)sc1S(=O)(=O)NCCNc1nc(-c2cccs2)nc2ccccc12. The first-order valence-corrected chi connectivity index (χ1v) is 11.9. The average Bonchev–Trinajstić information content (AvgIpc) is 3.35. The summed E-state index contributed by atoms with van der Waals surface area (Å²) in [5.41, 5.74) is 1.14. The zero-order valence-corrected chi connectivity index (χ0v) is 17.7. The molecule has 0 bridgehead atoms. The number of nitrogens with one attached hydrogen (secondary N) is 3. The van der Waals surface area contributed by atoms with Crippen LogP contribution in [0, 0.1) is 6.92 Å². The van der Waals surface area contributed by atoms with Gasteiger partial charge >= 0.3 is 4.87 Å². The van der Waals surface area contributed by atoms with Gasteiger partial charge in [-0.1, -0.05) is 29.5 Å². The Morgan fingerprint density at radius 3 is 2.66 bits per heavy atom. The molecule has 0 aliphatic carbocycles. The van der Waals surface area contributed by atoms with Crippen molar-refractivity contribution in [1.82, 2.24) is 19.7 Å². The van der Waals surface area contributed by atoms with Crippen molar-refractivity contribution in [2.45, 2.75) is 11.1 Å². The molecule has 3 aromatic heterocycles. The predicted molar refractivity (Wildman–Crippen MR) is 116 cm³/mol. The third kappa shape index (κ3) is 4.22. The van der Waals surface area contributed by atoms with Crippen molar-refractivity contribution in [3.63, 3.8) is 0 Å². The molecule has 0 radical (unpaired) electrons. The van der Waals surface area contributed by atoms with Crippen LogP contribution in [0.2, 0.25) is 0 Å². The van der Waals surface area contributed by atoms with Gasteiger partial charge in [-0.15, -0.1) is 11.3 Å². The molecule has 3 N–H and O–H groups in total. The number of rotatable bonds is 7. The maximum Gasteiger partial charge on any atom is 0.305 e. The number of fused-ring (bicyclic) bond motifs is 1. The molecule has 0 unspecified atom stereocenters. The molecule has 4 rings (SSSR count). The van der Waals surface area contributed by atoms with Gasteiger partial charge in [-0.25, -0.2) is 23.1 Å². The summed E-state index contributed by atoms with van der Waals surface area (Å²) in [4.78, 5) is 23.6. The van der Waals surface area contributed by atoms with E-state index in [0.29, 0.717) is 35.2 Å². The standard InChI is InChI=1S/C18H17N5O3S3/c1-11-17(28-18(24)21-11)29(25,26)20-9-8-19-15-12-5-2-3-6-13(12)22-16(23-15)14-7-4-10-27-14/h2-7,10,20H,8-9H2,1H3,(H,21,24)(H,19,22,23). The van der Waals surface area contributed by atoms with Gasteiger partial charge in [0.1, 0.15) is 5.82 Å². The Morgan fingerprint density at radius 1 is 1.10 bits per heavy atom. The Hall–Kier alpha value is -2.60. The molecule has 0 amide bonds. The number of thiazole rings is 1. The molecular formula is C18H17N5O3S3. The monoisotopic (exact) mass is 447 g/mol. The number of anilines is 1. The van der Waals surface area contributed by atoms with E-state index < -0.39 is 14.9 Å². The van der Waals surface area contributed by atoms with E-state index in [0.717, 1.165) is 15.8 Å². The molecule has 0 spiro atoms. The third-order valence-corrected chi connectivity index (χ3v) is 8.01. The number of aryl methyl sites for hydroxylation is 1. The van der Waals surface area contributed by atoms with Gasteiger partial charge in [-0.05, 0) is 30.5 Å². The van der Waals surface area contributed by atoms with Gasteiger partial charge in [-0.2, -0.15) is 0 Å². The van der Waals surface area contributed by atoms with E-state index in [1.54, 1.807) is 18.3 Å². The van der Waals surface area contributed by atoms with Crippen LogP contribution in [0.25, 0.3) is 21.6 Å². The van der Waals surface area contributed by atoms with Crippen molar-refractivity contribution >= 4 is 49.4 Å². The second-order valence-electron chi connectivity index (χ2n) is 6.14. The number of thiophene rings is 1. The Balaban J connectivity index is 1.51. The highest BCUT2D eigenvalue weighted by atomic mass is 32.2. The van der Waals surface area contributed by atoms with Crippen molar-refractivity contribution in [1.29, 1.82) is 0 Å². The number of H-pyrrole nitrogens is 1. The molecule has 8 nitrogen and oxygen atoms in total. The van der Waals surface area contributed by atoms with E-state index >= 15 is 0 Å². The minimum atomic E-state index is -3.74. The minimum Gasteiger partial charge on any atom is -0.368 e. The molecule has 0 atom stereocenters. The topological polar surface area (TPSA) is 117 Å². The Morgan fingerprint density at radius 2 is 1.93 bits per heavy atom. The van der Waals surface area contributed by atoms with Crippen LogP contribution in [0.4, 0.5) is 5.82 Å². The quantitative estimate of drug-likeness (QED) is 0.375. The Bertz CT molecular complexity index is 1310. The largest absolute Gasteiger partial charge is 0.368 e. The number of aromatic amines is 1. The van der Waals surface area contributed by atoms with Crippen LogP contribution in [0.3, 0.4) is 0 Å². The highest BCUT2D eigenvalue weighted by Crippen LogP contribution is 2.27. The van der Waals surface area contributed by atoms with E-state index in [2.05, 4.69) is 25.0 Å². The molecule has 4 aromatic rings. The molecule has 1 aromatic carbocycles. The number of nitrogens with zero attached hydrogens (tertiary/aromatic N) is 2. The van der Waals surface area contributed by atoms with Gasteiger partial charge in [0.2, 0.25) is 0 Å². The maximum absolute atomic E-state index is 12.4. The van der Waals surface area contributed by atoms with Gasteiger partial charge in [0.05, 0.1) is 10.4 Å². The molecule has 0 saturated heterocycles. The van der Waals surface area contributed by atoms with E-state index in [1.165, 1.54) is 0 Å². The number of para-hydroxylation sites is 1. The fourth-order valence-corrected chi connectivity index (χ4v) is 5.84. The van der Waals surface area contributed by atoms with E-state index in [9.17, 15) is 13.2 Å². The van der Waals surface area contributed by atoms with Crippen molar-refractivity contribution in [2.75, 3.05) is 18.4 Å². The summed E-state index contributed by atoms with van der Waals surface area (Å²) in [7, 11) is -3.74. The van der Waals surface area contributed by atoms with E-state index in [4.69, 9.17) is 0 Å². The number of hydrogen-bond donors (Lipinski definition) is 3. The van der Waals surface area contributed by atoms with Gasteiger partial charge in [0.15, 0.2) is 10.0 Å². The molecule has 0 fully saturated rings. The van der Waals surface area contributed by atoms with Crippen molar-refractivity contribution < 1.29 is 8.42 Å². The molecular weight excluding hydrogens is 430 g/mol. The second kappa shape index (κ2) is 8.03. The van der Waals surface area contributed by atoms with Gasteiger partial charge < -0.3 is 10.3 Å². The molecule has 0 aliphatic heterocycles. The lowest BCUT2D eigenvalue weighted by Gasteiger charge is -2.11. The lowest BCUT2D eigenvalue weighted by atomic mass is 10.2. The number of hydrogen-bond acceptors (Lipinski definition) is 8. The Kier molecular flexibility index (Phi) is 5.46. The van der Waals surface area contributed by atoms with Gasteiger partial charge in [0, 0.05) is 24.2 Å². The van der Waals surface area contributed by atoms with Crippen LogP contribution in [-0.4, -0.2) is 36.5 Å². The van der Waals surface area contributed by atoms with E-state index in [-0.39, 0.29) is 10.8 Å². The Labute approximate surface area is 174 Å². The molecule has 0 saturated carbocycles. The first kappa shape index (κ1) is 19.7. The number of sulfonamides is 1. The minimum absolute atomic E-state index is 0.00923. The van der Waals surface area contributed by atoms with Crippen molar-refractivity contribution in [2.24, 2.45) is 0 Å². The van der Waals surface area contributed by atoms with Crippen LogP contribution in [0.15, 0.2) is 50.8 Å². The van der Waals surface area contributed by atoms with Crippen LogP contribution in [-0.2, 0) is 10.0 Å². The fraction of sp³-hybridized carbons (Fsp3) is 0.167. The summed E-state index contributed by atoms with van der Waals surface area (Å²) in [6.07, 6.45) is 0. The highest BCUT2D eigenvalue weighted by Gasteiger charge is 2.20. The van der Waals surface area contributed by atoms with Gasteiger partial charge in [0.25, 0.3) is 10.0 Å². The van der Waals surface area contributed by atoms with Gasteiger partial charge in [-0.3, -0.25) is 4.79 Å². The summed E-state index contributed by atoms with van der Waals surface area (Å²) in [5, 5.41) is 6.02. The summed E-state index contributed by atoms with van der Waals surface area (Å²) >= 11 is 2.23. The molecule has 150 valence electrons. The first-order valence-electron chi connectivity index (χ1n) is 8.68. The highest BCUT2D eigenvalue weighted by molar-refractivity contribution is 7.91. The fourth-order valence-electron chi connectivity index (χ4n) is 2.81. The zero-order valence-electron chi connectivity index (χ0n) is 15.3. The maximum atomic E-state index is 12.4. The summed E-state index contributed by atoms with van der Waals surface area (Å²) in [5.74, 6) is 1.26. The van der Waals surface area contributed by atoms with Crippen LogP contribution in [0.1, 0.15) is 5.69 Å². The third-order valence-electron chi connectivity index (χ3n) is 4.08. The molecule has 3 heterocycles. The smallest absolute Gasteiger partial charge is 0.305 e. The van der Waals surface area contributed by atoms with Crippen LogP contribution < -0.4 is 14.9 Å². The normalized spacial score (nSPS) is 11.8. The number of aromatic nitrogens is 3. The van der Waals surface area contributed by atoms with E-state index in [1.807, 2.05) is 41.8 Å². The molecule has 29 heavy (non-hydrogen) atoms. The van der Waals surface area contributed by atoms with Crippen LogP contribution >= 0.6 is 22.7 Å². The summed E-state index contributed by atoms with van der Waals surface area (Å²) in [6.45, 7) is 2.02. The summed E-state index contributed by atoms with van der Waals surface area (Å²) in [6, 6.07) is 11.5. The molecule has 11 heteroatoms. The van der Waals surface area contributed by atoms with Crippen molar-refractivity contribution in [3.8, 4) is 10.7 Å². The predicted octanol–water partition coefficient (Wildman–Crippen LogP) is 2.81. The zero-order chi connectivity index (χ0) is 20.4. The van der Waals surface area contributed by atoms with Crippen LogP contribution in [0.5, 0.6) is 0 Å². The lowest BCUT2D eigenvalue weighted by Crippen LogP contribution is -2.29. The average molecular weight is 448 g/mol. The van der Waals surface area contributed by atoms with Crippen molar-refractivity contribution in [3.05, 3.63) is 57.1 Å². The lowest BCUT2D eigenvalue weighted by molar-refractivity contribution is 0.584.